The minimum atomic E-state index is -0.804. The Morgan fingerprint density at radius 2 is 0.569 bits per heavy atom. The van der Waals surface area contributed by atoms with Crippen LogP contribution in [-0.2, 0) is 28.6 Å². The van der Waals surface area contributed by atoms with E-state index in [0.29, 0.717) is 12.8 Å². The number of rotatable bonds is 49. The lowest BCUT2D eigenvalue weighted by Gasteiger charge is -2.18. The number of hydrogen-bond donors (Lipinski definition) is 0. The van der Waals surface area contributed by atoms with Gasteiger partial charge in [0.1, 0.15) is 13.2 Å². The first-order valence-electron chi connectivity index (χ1n) is 27.5. The van der Waals surface area contributed by atoms with Crippen LogP contribution >= 0.6 is 0 Å². The Balaban J connectivity index is 4.48. The van der Waals surface area contributed by atoms with Crippen molar-refractivity contribution in [2.45, 2.75) is 271 Å². The maximum absolute atomic E-state index is 12.8. The zero-order valence-corrected chi connectivity index (χ0v) is 42.7. The number of unbranched alkanes of at least 4 members (excludes halogenated alkanes) is 29. The highest BCUT2D eigenvalue weighted by molar-refractivity contribution is 5.71. The molecule has 374 valence electrons. The third-order valence-electron chi connectivity index (χ3n) is 11.7. The van der Waals surface area contributed by atoms with Gasteiger partial charge in [0.2, 0.25) is 0 Å². The van der Waals surface area contributed by atoms with Gasteiger partial charge in [0.05, 0.1) is 0 Å². The van der Waals surface area contributed by atoms with Crippen LogP contribution in [-0.4, -0.2) is 37.2 Å². The van der Waals surface area contributed by atoms with Gasteiger partial charge >= 0.3 is 17.9 Å². The van der Waals surface area contributed by atoms with Crippen LogP contribution in [0.1, 0.15) is 265 Å². The molecule has 0 saturated heterocycles. The minimum absolute atomic E-state index is 0.101. The van der Waals surface area contributed by atoms with Gasteiger partial charge in [-0.3, -0.25) is 14.4 Å². The van der Waals surface area contributed by atoms with E-state index >= 15 is 0 Å². The molecule has 0 fully saturated rings. The Hall–Kier alpha value is -3.15. The van der Waals surface area contributed by atoms with E-state index in [1.165, 1.54) is 116 Å². The van der Waals surface area contributed by atoms with Crippen LogP contribution in [0, 0.1) is 0 Å². The van der Waals surface area contributed by atoms with Crippen LogP contribution < -0.4 is 0 Å². The summed E-state index contributed by atoms with van der Waals surface area (Å²) in [6, 6.07) is 0. The van der Waals surface area contributed by atoms with Crippen molar-refractivity contribution in [1.29, 1.82) is 0 Å². The van der Waals surface area contributed by atoms with Crippen molar-refractivity contribution >= 4 is 17.9 Å². The Morgan fingerprint density at radius 1 is 0.308 bits per heavy atom. The molecule has 0 aromatic rings. The number of allylic oxidation sites excluding steroid dienone is 12. The Morgan fingerprint density at radius 3 is 0.923 bits per heavy atom. The topological polar surface area (TPSA) is 78.9 Å². The third kappa shape index (κ3) is 51.7. The lowest BCUT2D eigenvalue weighted by atomic mass is 10.1. The molecule has 0 aromatic carbocycles. The largest absolute Gasteiger partial charge is 0.462 e. The Kier molecular flexibility index (Phi) is 50.9. The Bertz CT molecular complexity index is 1230. The SMILES string of the molecule is CCCCCCC\C=C/C=C\C=C/CCCCCCCC(=O)OCC(COC(=O)CCCCC/C=C\CCCCCCCC)OC(=O)CCCCC/C=C\C=C/CCCCCCCCC. The van der Waals surface area contributed by atoms with Gasteiger partial charge in [-0.1, -0.05) is 222 Å². The second-order valence-corrected chi connectivity index (χ2v) is 18.2. The smallest absolute Gasteiger partial charge is 0.306 e. The molecule has 0 radical (unpaired) electrons. The van der Waals surface area contributed by atoms with Crippen LogP contribution in [0.3, 0.4) is 0 Å². The minimum Gasteiger partial charge on any atom is -0.462 e. The van der Waals surface area contributed by atoms with E-state index < -0.39 is 6.10 Å². The predicted octanol–water partition coefficient (Wildman–Crippen LogP) is 18.2. The van der Waals surface area contributed by atoms with Crippen LogP contribution in [0.25, 0.3) is 0 Å². The van der Waals surface area contributed by atoms with E-state index in [4.69, 9.17) is 14.2 Å². The molecule has 0 spiro atoms. The number of esters is 3. The molecule has 0 aromatic heterocycles. The van der Waals surface area contributed by atoms with Gasteiger partial charge < -0.3 is 14.2 Å². The first-order valence-corrected chi connectivity index (χ1v) is 27.5. The van der Waals surface area contributed by atoms with E-state index in [1.54, 1.807) is 0 Å². The van der Waals surface area contributed by atoms with Crippen LogP contribution in [0.2, 0.25) is 0 Å². The standard InChI is InChI=1S/C59H102O6/c1-4-7-10-13-16-19-22-25-27-29-30-32-34-37-40-43-46-49-52-58(61)64-55-56(54-63-57(60)51-48-45-42-39-36-33-24-21-18-15-12-9-6-3)65-59(62)53-50-47-44-41-38-35-31-28-26-23-20-17-14-11-8-5-2/h22,25,27-33,35-36,38,56H,4-21,23-24,26,34,37,39-55H2,1-3H3/b25-22-,29-27-,31-28-,32-30-,36-33-,38-35-. The van der Waals surface area contributed by atoms with Gasteiger partial charge in [-0.25, -0.2) is 0 Å². The first kappa shape index (κ1) is 61.9. The average molecular weight is 907 g/mol. The quantitative estimate of drug-likeness (QED) is 0.0199. The van der Waals surface area contributed by atoms with Gasteiger partial charge in [-0.05, 0) is 96.3 Å². The third-order valence-corrected chi connectivity index (χ3v) is 11.7. The summed E-state index contributed by atoms with van der Waals surface area (Å²) < 4.78 is 16.8. The van der Waals surface area contributed by atoms with Crippen LogP contribution in [0.15, 0.2) is 72.9 Å². The molecule has 65 heavy (non-hydrogen) atoms. The molecule has 0 bridgehead atoms. The molecule has 0 rings (SSSR count). The summed E-state index contributed by atoms with van der Waals surface area (Å²) in [5, 5.41) is 0. The van der Waals surface area contributed by atoms with Crippen LogP contribution in [0.4, 0.5) is 0 Å². The molecular formula is C59H102O6. The van der Waals surface area contributed by atoms with Crippen molar-refractivity contribution < 1.29 is 28.6 Å². The summed E-state index contributed by atoms with van der Waals surface area (Å²) in [4.78, 5) is 38.0. The number of ether oxygens (including phenoxy) is 3. The van der Waals surface area contributed by atoms with Gasteiger partial charge in [0, 0.05) is 19.3 Å². The molecule has 0 N–H and O–H groups in total. The molecular weight excluding hydrogens is 805 g/mol. The Labute approximate surface area is 402 Å². The molecule has 1 unspecified atom stereocenters. The molecule has 0 saturated carbocycles. The van der Waals surface area contributed by atoms with Crippen molar-refractivity contribution in [3.8, 4) is 0 Å². The van der Waals surface area contributed by atoms with Crippen LogP contribution in [0.5, 0.6) is 0 Å². The average Bonchev–Trinajstić information content (AvgIpc) is 3.30. The zero-order chi connectivity index (χ0) is 47.2. The monoisotopic (exact) mass is 907 g/mol. The molecule has 6 heteroatoms. The summed E-state index contributed by atoms with van der Waals surface area (Å²) in [6.45, 7) is 6.56. The van der Waals surface area contributed by atoms with Crippen molar-refractivity contribution in [2.24, 2.45) is 0 Å². The van der Waals surface area contributed by atoms with Gasteiger partial charge in [-0.15, -0.1) is 0 Å². The van der Waals surface area contributed by atoms with E-state index in [2.05, 4.69) is 93.7 Å². The first-order chi connectivity index (χ1) is 32.0. The molecule has 0 aliphatic carbocycles. The van der Waals surface area contributed by atoms with Crippen molar-refractivity contribution in [2.75, 3.05) is 13.2 Å². The number of carbonyl (C=O) groups excluding carboxylic acids is 3. The maximum Gasteiger partial charge on any atom is 0.306 e. The lowest BCUT2D eigenvalue weighted by Crippen LogP contribution is -2.30. The highest BCUT2D eigenvalue weighted by Crippen LogP contribution is 2.13. The second kappa shape index (κ2) is 53.5. The zero-order valence-electron chi connectivity index (χ0n) is 42.7. The van der Waals surface area contributed by atoms with E-state index in [0.717, 1.165) is 109 Å². The fourth-order valence-corrected chi connectivity index (χ4v) is 7.55. The predicted molar refractivity (Wildman–Crippen MR) is 279 cm³/mol. The van der Waals surface area contributed by atoms with Gasteiger partial charge in [0.15, 0.2) is 6.10 Å². The van der Waals surface area contributed by atoms with E-state index in [9.17, 15) is 14.4 Å². The summed E-state index contributed by atoms with van der Waals surface area (Å²) >= 11 is 0. The maximum atomic E-state index is 12.8. The summed E-state index contributed by atoms with van der Waals surface area (Å²) in [5.41, 5.74) is 0. The summed E-state index contributed by atoms with van der Waals surface area (Å²) in [5.74, 6) is -0.958. The van der Waals surface area contributed by atoms with Crippen molar-refractivity contribution in [3.05, 3.63) is 72.9 Å². The summed E-state index contributed by atoms with van der Waals surface area (Å²) in [6.07, 6.45) is 67.4. The molecule has 0 aliphatic rings. The van der Waals surface area contributed by atoms with Crippen molar-refractivity contribution in [1.82, 2.24) is 0 Å². The molecule has 0 aliphatic heterocycles. The normalized spacial score (nSPS) is 12.6. The fraction of sp³-hybridized carbons (Fsp3) is 0.746. The molecule has 6 nitrogen and oxygen atoms in total. The molecule has 1 atom stereocenters. The number of carbonyl (C=O) groups is 3. The van der Waals surface area contributed by atoms with E-state index in [1.807, 2.05) is 0 Å². The number of hydrogen-bond acceptors (Lipinski definition) is 6. The molecule has 0 amide bonds. The van der Waals surface area contributed by atoms with Crippen molar-refractivity contribution in [3.63, 3.8) is 0 Å². The van der Waals surface area contributed by atoms with E-state index in [-0.39, 0.29) is 37.5 Å². The lowest BCUT2D eigenvalue weighted by molar-refractivity contribution is -0.167. The highest BCUT2D eigenvalue weighted by Gasteiger charge is 2.19. The summed E-state index contributed by atoms with van der Waals surface area (Å²) in [7, 11) is 0. The highest BCUT2D eigenvalue weighted by atomic mass is 16.6. The molecule has 0 heterocycles. The second-order valence-electron chi connectivity index (χ2n) is 18.2. The fourth-order valence-electron chi connectivity index (χ4n) is 7.55. The van der Waals surface area contributed by atoms with Gasteiger partial charge in [-0.2, -0.15) is 0 Å². The van der Waals surface area contributed by atoms with Gasteiger partial charge in [0.25, 0.3) is 0 Å².